The lowest BCUT2D eigenvalue weighted by atomic mass is 10.0. The normalized spacial score (nSPS) is 16.1. The van der Waals surface area contributed by atoms with Gasteiger partial charge in [0.1, 0.15) is 30.3 Å². The van der Waals surface area contributed by atoms with Gasteiger partial charge in [0.25, 0.3) is 5.91 Å². The lowest BCUT2D eigenvalue weighted by Crippen LogP contribution is -2.49. The molecule has 2 heterocycles. The van der Waals surface area contributed by atoms with Crippen molar-refractivity contribution in [1.82, 2.24) is 19.8 Å². The zero-order valence-electron chi connectivity index (χ0n) is 19.1. The molecule has 188 valence electrons. The van der Waals surface area contributed by atoms with Crippen molar-refractivity contribution in [3.8, 4) is 5.75 Å². The van der Waals surface area contributed by atoms with Gasteiger partial charge in [-0.3, -0.25) is 9.59 Å². The number of imidazole rings is 1. The molecule has 1 aliphatic heterocycles. The third kappa shape index (κ3) is 5.49. The molecule has 1 aliphatic rings. The van der Waals surface area contributed by atoms with Gasteiger partial charge < -0.3 is 25.0 Å². The minimum Gasteiger partial charge on any atom is -0.491 e. The molecule has 2 atom stereocenters. The van der Waals surface area contributed by atoms with Gasteiger partial charge in [-0.05, 0) is 58.5 Å². The number of aryl methyl sites for hydroxylation is 1. The van der Waals surface area contributed by atoms with Gasteiger partial charge in [0.05, 0.1) is 18.6 Å². The summed E-state index contributed by atoms with van der Waals surface area (Å²) in [6.45, 7) is -0.0156. The summed E-state index contributed by atoms with van der Waals surface area (Å²) < 4.78 is 22.1. The van der Waals surface area contributed by atoms with Crippen molar-refractivity contribution in [1.29, 1.82) is 0 Å². The molecule has 12 heteroatoms. The average Bonchev–Trinajstić information content (AvgIpc) is 3.39. The van der Waals surface area contributed by atoms with E-state index in [1.54, 1.807) is 41.9 Å². The van der Waals surface area contributed by atoms with Gasteiger partial charge >= 0.3 is 6.03 Å². The molecule has 3 aromatic rings. The van der Waals surface area contributed by atoms with Crippen LogP contribution in [0.4, 0.5) is 14.9 Å². The second kappa shape index (κ2) is 11.0. The summed E-state index contributed by atoms with van der Waals surface area (Å²) in [4.78, 5) is 44.6. The molecule has 36 heavy (non-hydrogen) atoms. The predicted molar refractivity (Wildman–Crippen MR) is 136 cm³/mol. The Morgan fingerprint density at radius 1 is 1.28 bits per heavy atom. The smallest absolute Gasteiger partial charge is 0.325 e. The fourth-order valence-electron chi connectivity index (χ4n) is 3.82. The number of halogens is 2. The molecular weight excluding hydrogens is 584 g/mol. The van der Waals surface area contributed by atoms with Crippen LogP contribution in [-0.2, 0) is 23.1 Å². The van der Waals surface area contributed by atoms with Crippen LogP contribution in [0.1, 0.15) is 17.3 Å². The molecule has 1 saturated heterocycles. The minimum atomic E-state index is -1.26. The quantitative estimate of drug-likeness (QED) is 0.254. The molecule has 2 aromatic carbocycles. The maximum absolute atomic E-state index is 14.4. The molecule has 1 fully saturated rings. The SMILES string of the molecule is Cn1cncc1CC(C(=O)Nc1ccc(I)cc1F)N1C(=O)N[C@H](c2ccc(OCCO)cc2)C1=O. The number of ether oxygens (including phenoxy) is 1. The zero-order valence-corrected chi connectivity index (χ0v) is 21.3. The highest BCUT2D eigenvalue weighted by Gasteiger charge is 2.45. The summed E-state index contributed by atoms with van der Waals surface area (Å²) in [5.41, 5.74) is 1.04. The Morgan fingerprint density at radius 2 is 2.03 bits per heavy atom. The fraction of sp³-hybridized carbons (Fsp3) is 0.250. The molecule has 1 aromatic heterocycles. The number of aromatic nitrogens is 2. The first-order chi connectivity index (χ1) is 17.3. The first-order valence-corrected chi connectivity index (χ1v) is 12.0. The number of nitrogens with zero attached hydrogens (tertiary/aromatic N) is 3. The number of nitrogens with one attached hydrogen (secondary N) is 2. The van der Waals surface area contributed by atoms with E-state index in [4.69, 9.17) is 9.84 Å². The van der Waals surface area contributed by atoms with E-state index in [0.29, 0.717) is 20.6 Å². The van der Waals surface area contributed by atoms with E-state index in [0.717, 1.165) is 4.90 Å². The van der Waals surface area contributed by atoms with Crippen molar-refractivity contribution in [2.45, 2.75) is 18.5 Å². The molecular formula is C24H23FIN5O5. The molecule has 0 spiro atoms. The molecule has 3 N–H and O–H groups in total. The Kier molecular flexibility index (Phi) is 7.84. The third-order valence-corrected chi connectivity index (χ3v) is 6.34. The summed E-state index contributed by atoms with van der Waals surface area (Å²) in [5.74, 6) is -1.47. The Hall–Kier alpha value is -3.52. The molecule has 0 radical (unpaired) electrons. The lowest BCUT2D eigenvalue weighted by molar-refractivity contribution is -0.134. The van der Waals surface area contributed by atoms with Crippen molar-refractivity contribution < 1.29 is 28.6 Å². The lowest BCUT2D eigenvalue weighted by Gasteiger charge is -2.25. The Labute approximate surface area is 219 Å². The Balaban J connectivity index is 1.60. The molecule has 1 unspecified atom stereocenters. The molecule has 0 bridgehead atoms. The van der Waals surface area contributed by atoms with Crippen molar-refractivity contribution in [3.05, 3.63) is 75.6 Å². The fourth-order valence-corrected chi connectivity index (χ4v) is 4.28. The van der Waals surface area contributed by atoms with Crippen LogP contribution in [0.3, 0.4) is 0 Å². The minimum absolute atomic E-state index is 0.0197. The highest BCUT2D eigenvalue weighted by molar-refractivity contribution is 14.1. The molecule has 4 amide bonds. The molecule has 10 nitrogen and oxygen atoms in total. The summed E-state index contributed by atoms with van der Waals surface area (Å²) in [5, 5.41) is 14.0. The summed E-state index contributed by atoms with van der Waals surface area (Å²) in [6, 6.07) is 7.79. The van der Waals surface area contributed by atoms with Crippen LogP contribution >= 0.6 is 22.6 Å². The van der Waals surface area contributed by atoms with E-state index >= 15 is 0 Å². The number of imide groups is 1. The van der Waals surface area contributed by atoms with Crippen molar-refractivity contribution in [2.24, 2.45) is 7.05 Å². The topological polar surface area (TPSA) is 126 Å². The second-order valence-corrected chi connectivity index (χ2v) is 9.31. The summed E-state index contributed by atoms with van der Waals surface area (Å²) >= 11 is 1.95. The van der Waals surface area contributed by atoms with Crippen LogP contribution in [0, 0.1) is 9.39 Å². The number of aliphatic hydroxyl groups excluding tert-OH is 1. The third-order valence-electron chi connectivity index (χ3n) is 5.67. The number of aliphatic hydroxyl groups is 1. The zero-order chi connectivity index (χ0) is 25.8. The van der Waals surface area contributed by atoms with Gasteiger partial charge in [-0.25, -0.2) is 19.1 Å². The first-order valence-electron chi connectivity index (χ1n) is 11.0. The highest BCUT2D eigenvalue weighted by atomic mass is 127. The summed E-state index contributed by atoms with van der Waals surface area (Å²) in [7, 11) is 1.73. The average molecular weight is 607 g/mol. The number of hydrogen-bond acceptors (Lipinski definition) is 6. The number of anilines is 1. The molecule has 4 rings (SSSR count). The largest absolute Gasteiger partial charge is 0.491 e. The second-order valence-electron chi connectivity index (χ2n) is 8.06. The van der Waals surface area contributed by atoms with Gasteiger partial charge in [-0.1, -0.05) is 12.1 Å². The number of carbonyl (C=O) groups is 3. The standard InChI is InChI=1S/C24H23FIN5O5/c1-30-13-27-12-16(30)11-20(22(33)28-19-7-4-15(26)10-18(19)25)31-23(34)21(29-24(31)35)14-2-5-17(6-3-14)36-9-8-32/h2-7,10,12-13,20-21,32H,8-9,11H2,1H3,(H,28,33)(H,29,35)/t20?,21-/m1/s1. The van der Waals surface area contributed by atoms with Crippen LogP contribution in [0.15, 0.2) is 55.0 Å². The number of amides is 4. The predicted octanol–water partition coefficient (Wildman–Crippen LogP) is 2.38. The van der Waals surface area contributed by atoms with Gasteiger partial charge in [-0.2, -0.15) is 0 Å². The van der Waals surface area contributed by atoms with Crippen molar-refractivity contribution >= 4 is 46.1 Å². The van der Waals surface area contributed by atoms with Crippen molar-refractivity contribution in [2.75, 3.05) is 18.5 Å². The van der Waals surface area contributed by atoms with Crippen LogP contribution in [0.2, 0.25) is 0 Å². The maximum atomic E-state index is 14.4. The monoisotopic (exact) mass is 607 g/mol. The van der Waals surface area contributed by atoms with Crippen LogP contribution in [0.5, 0.6) is 5.75 Å². The van der Waals surface area contributed by atoms with Crippen LogP contribution in [0.25, 0.3) is 0 Å². The van der Waals surface area contributed by atoms with Gasteiger partial charge in [0.15, 0.2) is 0 Å². The maximum Gasteiger partial charge on any atom is 0.325 e. The van der Waals surface area contributed by atoms with E-state index in [1.165, 1.54) is 24.7 Å². The Bertz CT molecular complexity index is 1280. The van der Waals surface area contributed by atoms with Crippen LogP contribution in [-0.4, -0.2) is 56.7 Å². The molecule has 0 aliphatic carbocycles. The Morgan fingerprint density at radius 3 is 2.67 bits per heavy atom. The number of hydrogen-bond donors (Lipinski definition) is 3. The van der Waals surface area contributed by atoms with E-state index in [1.807, 2.05) is 22.6 Å². The first kappa shape index (κ1) is 25.6. The number of rotatable bonds is 9. The van der Waals surface area contributed by atoms with Gasteiger partial charge in [0, 0.05) is 28.9 Å². The highest BCUT2D eigenvalue weighted by Crippen LogP contribution is 2.27. The van der Waals surface area contributed by atoms with E-state index in [2.05, 4.69) is 15.6 Å². The van der Waals surface area contributed by atoms with Gasteiger partial charge in [0.2, 0.25) is 5.91 Å². The van der Waals surface area contributed by atoms with E-state index in [-0.39, 0.29) is 25.3 Å². The molecule has 0 saturated carbocycles. The number of carbonyl (C=O) groups excluding carboxylic acids is 3. The van der Waals surface area contributed by atoms with E-state index < -0.39 is 35.7 Å². The number of benzene rings is 2. The van der Waals surface area contributed by atoms with E-state index in [9.17, 15) is 18.8 Å². The van der Waals surface area contributed by atoms with Crippen LogP contribution < -0.4 is 15.4 Å². The summed E-state index contributed by atoms with van der Waals surface area (Å²) in [6.07, 6.45) is 3.05. The van der Waals surface area contributed by atoms with Crippen molar-refractivity contribution in [3.63, 3.8) is 0 Å². The van der Waals surface area contributed by atoms with Gasteiger partial charge in [-0.15, -0.1) is 0 Å². The number of urea groups is 1.